The Morgan fingerprint density at radius 3 is 1.15 bits per heavy atom. The van der Waals surface area contributed by atoms with E-state index in [0.717, 1.165) is 0 Å². The highest BCUT2D eigenvalue weighted by atomic mass is 35.5. The zero-order chi connectivity index (χ0) is 24.8. The molecule has 172 valence electrons. The van der Waals surface area contributed by atoms with Crippen molar-refractivity contribution in [2.24, 2.45) is 0 Å². The predicted molar refractivity (Wildman–Crippen MR) is 136 cm³/mol. The molecule has 4 aromatic carbocycles. The second-order valence-electron chi connectivity index (χ2n) is 6.96. The van der Waals surface area contributed by atoms with Gasteiger partial charge in [0.25, 0.3) is 0 Å². The van der Waals surface area contributed by atoms with Crippen molar-refractivity contribution in [1.82, 2.24) is 0 Å². The molecule has 0 aliphatic rings. The number of carbonyl (C=O) groups excluding carboxylic acids is 2. The molecule has 0 aromatic heterocycles. The molecule has 0 amide bonds. The fraction of sp³-hybridized carbons (Fsp3) is 0. The van der Waals surface area contributed by atoms with Crippen LogP contribution in [0.4, 0.5) is 0 Å². The maximum atomic E-state index is 12.1. The molecule has 0 fully saturated rings. The van der Waals surface area contributed by atoms with Crippen molar-refractivity contribution in [3.05, 3.63) is 127 Å². The molecule has 0 atom stereocenters. The molecule has 0 radical (unpaired) electrons. The van der Waals surface area contributed by atoms with Crippen LogP contribution in [0.3, 0.4) is 0 Å². The second-order valence-corrected chi connectivity index (χ2v) is 8.59. The lowest BCUT2D eigenvalue weighted by molar-refractivity contribution is 0.103. The van der Waals surface area contributed by atoms with Gasteiger partial charge in [-0.2, -0.15) is 0 Å². The summed E-state index contributed by atoms with van der Waals surface area (Å²) in [6.45, 7) is 0. The zero-order valence-electron chi connectivity index (χ0n) is 17.3. The van der Waals surface area contributed by atoms with E-state index in [1.807, 2.05) is 12.1 Å². The number of benzene rings is 4. The molecule has 0 unspecified atom stereocenters. The van der Waals surface area contributed by atoms with E-state index in [1.165, 1.54) is 24.3 Å². The molecule has 0 heterocycles. The number of carbonyl (C=O) groups is 2. The number of hydrogen-bond donors (Lipinski definition) is 2. The van der Waals surface area contributed by atoms with Gasteiger partial charge < -0.3 is 10.2 Å². The number of aromatic hydroxyl groups is 2. The fourth-order valence-electron chi connectivity index (χ4n) is 2.91. The summed E-state index contributed by atoms with van der Waals surface area (Å²) in [5, 5.41) is 19.3. The summed E-state index contributed by atoms with van der Waals surface area (Å²) in [5.74, 6) is -0.724. The summed E-state index contributed by atoms with van der Waals surface area (Å²) in [6.07, 6.45) is 0. The van der Waals surface area contributed by atoms with Gasteiger partial charge in [-0.1, -0.05) is 107 Å². The Morgan fingerprint density at radius 2 is 0.824 bits per heavy atom. The molecular weight excluding hydrogens is 518 g/mol. The van der Waals surface area contributed by atoms with Crippen LogP contribution in [0.2, 0.25) is 20.1 Å². The fourth-order valence-corrected chi connectivity index (χ4v) is 3.73. The minimum atomic E-state index is -0.225. The van der Waals surface area contributed by atoms with Gasteiger partial charge in [-0.15, -0.1) is 0 Å². The average molecular weight is 534 g/mol. The van der Waals surface area contributed by atoms with Gasteiger partial charge in [-0.05, 0) is 12.1 Å². The molecule has 34 heavy (non-hydrogen) atoms. The first-order valence-corrected chi connectivity index (χ1v) is 11.3. The van der Waals surface area contributed by atoms with Gasteiger partial charge in [-0.25, -0.2) is 0 Å². The lowest BCUT2D eigenvalue weighted by Crippen LogP contribution is -2.01. The van der Waals surface area contributed by atoms with Gasteiger partial charge in [0.05, 0.1) is 20.1 Å². The van der Waals surface area contributed by atoms with Gasteiger partial charge in [0.1, 0.15) is 11.5 Å². The highest BCUT2D eigenvalue weighted by Crippen LogP contribution is 2.32. The third-order valence-electron chi connectivity index (χ3n) is 4.63. The molecule has 0 aliphatic heterocycles. The first kappa shape index (κ1) is 25.6. The van der Waals surface area contributed by atoms with Crippen LogP contribution in [0.15, 0.2) is 84.9 Å². The second kappa shape index (κ2) is 11.4. The van der Waals surface area contributed by atoms with Crippen LogP contribution in [-0.2, 0) is 0 Å². The lowest BCUT2D eigenvalue weighted by atomic mass is 10.0. The first-order valence-electron chi connectivity index (χ1n) is 9.74. The van der Waals surface area contributed by atoms with Crippen molar-refractivity contribution in [2.75, 3.05) is 0 Å². The zero-order valence-corrected chi connectivity index (χ0v) is 20.3. The first-order chi connectivity index (χ1) is 16.2. The van der Waals surface area contributed by atoms with Crippen LogP contribution in [0.1, 0.15) is 31.8 Å². The Bertz CT molecular complexity index is 1240. The van der Waals surface area contributed by atoms with Crippen LogP contribution >= 0.6 is 46.4 Å². The molecule has 0 saturated heterocycles. The third-order valence-corrected chi connectivity index (χ3v) is 5.87. The highest BCUT2D eigenvalue weighted by Gasteiger charge is 2.16. The largest absolute Gasteiger partial charge is 0.506 e. The Balaban J connectivity index is 0.000000191. The van der Waals surface area contributed by atoms with E-state index in [0.29, 0.717) is 11.1 Å². The summed E-state index contributed by atoms with van der Waals surface area (Å²) in [4.78, 5) is 24.2. The standard InChI is InChI=1S/2C13H8Cl2O2/c2*14-10-7-12(16)11(15)6-9(10)13(17)8-4-2-1-3-5-8/h2*1-7,16H. The Hall–Kier alpha value is -3.02. The van der Waals surface area contributed by atoms with E-state index in [1.54, 1.807) is 48.5 Å². The number of ketones is 2. The monoisotopic (exact) mass is 532 g/mol. The average Bonchev–Trinajstić information content (AvgIpc) is 2.84. The smallest absolute Gasteiger partial charge is 0.194 e. The Kier molecular flexibility index (Phi) is 8.59. The van der Waals surface area contributed by atoms with Crippen molar-refractivity contribution in [3.63, 3.8) is 0 Å². The third kappa shape index (κ3) is 6.10. The van der Waals surface area contributed by atoms with E-state index in [2.05, 4.69) is 0 Å². The maximum absolute atomic E-state index is 12.1. The molecule has 4 aromatic rings. The van der Waals surface area contributed by atoms with Crippen molar-refractivity contribution >= 4 is 58.0 Å². The molecule has 4 rings (SSSR count). The van der Waals surface area contributed by atoms with Crippen LogP contribution in [0.25, 0.3) is 0 Å². The lowest BCUT2D eigenvalue weighted by Gasteiger charge is -2.05. The minimum absolute atomic E-state index is 0.105. The van der Waals surface area contributed by atoms with Crippen LogP contribution < -0.4 is 0 Å². The summed E-state index contributed by atoms with van der Waals surface area (Å²) in [5.41, 5.74) is 1.61. The Labute approximate surface area is 215 Å². The van der Waals surface area contributed by atoms with Crippen molar-refractivity contribution in [3.8, 4) is 11.5 Å². The van der Waals surface area contributed by atoms with Crippen molar-refractivity contribution in [2.45, 2.75) is 0 Å². The number of hydrogen-bond acceptors (Lipinski definition) is 4. The summed E-state index contributed by atoms with van der Waals surface area (Å²) in [6, 6.07) is 22.8. The van der Waals surface area contributed by atoms with Crippen molar-refractivity contribution in [1.29, 1.82) is 0 Å². The summed E-state index contributed by atoms with van der Waals surface area (Å²) < 4.78 is 0. The molecule has 0 spiro atoms. The quantitative estimate of drug-likeness (QED) is 0.262. The number of phenols is 2. The van der Waals surface area contributed by atoms with E-state index in [-0.39, 0.29) is 54.3 Å². The summed E-state index contributed by atoms with van der Waals surface area (Å²) >= 11 is 23.3. The van der Waals surface area contributed by atoms with Crippen LogP contribution in [-0.4, -0.2) is 21.8 Å². The molecule has 0 aliphatic carbocycles. The van der Waals surface area contributed by atoms with E-state index in [9.17, 15) is 19.8 Å². The molecule has 2 N–H and O–H groups in total. The van der Waals surface area contributed by atoms with Gasteiger partial charge in [0.2, 0.25) is 0 Å². The topological polar surface area (TPSA) is 74.6 Å². The van der Waals surface area contributed by atoms with E-state index in [4.69, 9.17) is 46.4 Å². The summed E-state index contributed by atoms with van der Waals surface area (Å²) in [7, 11) is 0. The van der Waals surface area contributed by atoms with Gasteiger partial charge >= 0.3 is 0 Å². The molecular formula is C26H16Cl4O4. The van der Waals surface area contributed by atoms with Gasteiger partial charge in [0.15, 0.2) is 11.6 Å². The maximum Gasteiger partial charge on any atom is 0.194 e. The van der Waals surface area contributed by atoms with E-state index < -0.39 is 0 Å². The highest BCUT2D eigenvalue weighted by molar-refractivity contribution is 6.38. The molecule has 8 heteroatoms. The minimum Gasteiger partial charge on any atom is -0.506 e. The molecule has 0 bridgehead atoms. The number of rotatable bonds is 4. The SMILES string of the molecule is O=C(c1ccccc1)c1cc(Cl)c(O)cc1Cl.O=C(c1ccccc1)c1cc(Cl)c(O)cc1Cl. The van der Waals surface area contributed by atoms with E-state index >= 15 is 0 Å². The van der Waals surface area contributed by atoms with Crippen molar-refractivity contribution < 1.29 is 19.8 Å². The Morgan fingerprint density at radius 1 is 0.500 bits per heavy atom. The number of halogens is 4. The molecule has 4 nitrogen and oxygen atoms in total. The van der Waals surface area contributed by atoms with Crippen LogP contribution in [0, 0.1) is 0 Å². The van der Waals surface area contributed by atoms with Gasteiger partial charge in [0, 0.05) is 34.4 Å². The predicted octanol–water partition coefficient (Wildman–Crippen LogP) is 7.86. The normalized spacial score (nSPS) is 10.2. The number of phenolic OH excluding ortho intramolecular Hbond substituents is 2. The van der Waals surface area contributed by atoms with Gasteiger partial charge in [-0.3, -0.25) is 9.59 Å². The van der Waals surface area contributed by atoms with Crippen LogP contribution in [0.5, 0.6) is 11.5 Å². The molecule has 0 saturated carbocycles.